The molecule has 2 amide bonds. The first-order chi connectivity index (χ1) is 14.0. The highest BCUT2D eigenvalue weighted by Gasteiger charge is 2.25. The normalized spacial score (nSPS) is 21.2. The van der Waals surface area contributed by atoms with Gasteiger partial charge < -0.3 is 14.4 Å². The Bertz CT molecular complexity index is 801. The van der Waals surface area contributed by atoms with Crippen molar-refractivity contribution in [1.82, 2.24) is 10.9 Å². The zero-order valence-electron chi connectivity index (χ0n) is 16.8. The predicted molar refractivity (Wildman–Crippen MR) is 109 cm³/mol. The highest BCUT2D eigenvalue weighted by Crippen LogP contribution is 2.20. The molecule has 0 spiro atoms. The number of hydrogen-bond acceptors (Lipinski definition) is 4. The van der Waals surface area contributed by atoms with E-state index in [-0.39, 0.29) is 24.0 Å². The minimum atomic E-state index is -0.370. The van der Waals surface area contributed by atoms with Gasteiger partial charge in [-0.3, -0.25) is 20.4 Å². The zero-order valence-corrected chi connectivity index (χ0v) is 16.8. The number of ether oxygens (including phenoxy) is 2. The Kier molecular flexibility index (Phi) is 7.21. The van der Waals surface area contributed by atoms with E-state index in [1.165, 1.54) is 4.90 Å². The predicted octanol–water partition coefficient (Wildman–Crippen LogP) is 1.32. The maximum Gasteiger partial charge on any atom is 0.269 e. The van der Waals surface area contributed by atoms with Crippen LogP contribution in [-0.2, 0) is 9.53 Å². The lowest BCUT2D eigenvalue weighted by Gasteiger charge is -2.32. The summed E-state index contributed by atoms with van der Waals surface area (Å²) in [7, 11) is 0. The first-order valence-corrected chi connectivity index (χ1v) is 9.91. The molecule has 1 aliphatic rings. The highest BCUT2D eigenvalue weighted by molar-refractivity contribution is 5.95. The van der Waals surface area contributed by atoms with Crippen LogP contribution in [0.15, 0.2) is 54.6 Å². The molecule has 0 bridgehead atoms. The number of morpholine rings is 1. The summed E-state index contributed by atoms with van der Waals surface area (Å²) < 4.78 is 11.4. The van der Waals surface area contributed by atoms with Gasteiger partial charge in [-0.05, 0) is 50.2 Å². The molecule has 2 aromatic carbocycles. The van der Waals surface area contributed by atoms with E-state index in [0.29, 0.717) is 24.3 Å². The number of quaternary nitrogens is 1. The number of carbonyl (C=O) groups is 2. The fourth-order valence-corrected chi connectivity index (χ4v) is 3.44. The van der Waals surface area contributed by atoms with Crippen molar-refractivity contribution in [3.05, 3.63) is 60.2 Å². The minimum Gasteiger partial charge on any atom is -0.457 e. The van der Waals surface area contributed by atoms with Gasteiger partial charge in [0.25, 0.3) is 5.91 Å². The van der Waals surface area contributed by atoms with E-state index in [9.17, 15) is 9.59 Å². The van der Waals surface area contributed by atoms with Crippen molar-refractivity contribution in [3.63, 3.8) is 0 Å². The minimum absolute atomic E-state index is 0.199. The van der Waals surface area contributed by atoms with Crippen LogP contribution in [0, 0.1) is 0 Å². The van der Waals surface area contributed by atoms with Crippen molar-refractivity contribution < 1.29 is 24.0 Å². The molecule has 3 N–H and O–H groups in total. The Hall–Kier alpha value is -2.90. The summed E-state index contributed by atoms with van der Waals surface area (Å²) in [6, 6.07) is 16.1. The maximum absolute atomic E-state index is 12.2. The first-order valence-electron chi connectivity index (χ1n) is 9.91. The van der Waals surface area contributed by atoms with Crippen molar-refractivity contribution in [2.75, 3.05) is 19.6 Å². The van der Waals surface area contributed by atoms with E-state index in [1.807, 2.05) is 44.2 Å². The second-order valence-electron chi connectivity index (χ2n) is 7.36. The fourth-order valence-electron chi connectivity index (χ4n) is 3.44. The van der Waals surface area contributed by atoms with E-state index < -0.39 is 0 Å². The topological polar surface area (TPSA) is 81.1 Å². The number of rotatable bonds is 6. The van der Waals surface area contributed by atoms with Gasteiger partial charge >= 0.3 is 0 Å². The van der Waals surface area contributed by atoms with Gasteiger partial charge in [0.2, 0.25) is 5.91 Å². The van der Waals surface area contributed by atoms with Crippen LogP contribution in [0.1, 0.15) is 30.6 Å². The van der Waals surface area contributed by atoms with E-state index >= 15 is 0 Å². The van der Waals surface area contributed by atoms with Crippen LogP contribution in [-0.4, -0.2) is 43.7 Å². The molecule has 1 saturated heterocycles. The lowest BCUT2D eigenvalue weighted by atomic mass is 10.2. The van der Waals surface area contributed by atoms with Crippen molar-refractivity contribution in [2.45, 2.75) is 32.5 Å². The molecule has 7 nitrogen and oxygen atoms in total. The summed E-state index contributed by atoms with van der Waals surface area (Å²) in [6.07, 6.45) is 0.745. The van der Waals surface area contributed by atoms with Crippen molar-refractivity contribution >= 4 is 11.8 Å². The van der Waals surface area contributed by atoms with Crippen LogP contribution in [0.3, 0.4) is 0 Å². The second-order valence-corrected chi connectivity index (χ2v) is 7.36. The van der Waals surface area contributed by atoms with Crippen LogP contribution in [0.4, 0.5) is 0 Å². The third-order valence-corrected chi connectivity index (χ3v) is 4.73. The molecule has 7 heteroatoms. The Balaban J connectivity index is 1.41. The molecule has 1 fully saturated rings. The number of hydrazine groups is 1. The summed E-state index contributed by atoms with van der Waals surface area (Å²) in [5.41, 5.74) is 5.38. The maximum atomic E-state index is 12.2. The molecule has 29 heavy (non-hydrogen) atoms. The van der Waals surface area contributed by atoms with Crippen LogP contribution in [0.25, 0.3) is 0 Å². The van der Waals surface area contributed by atoms with Crippen molar-refractivity contribution in [2.24, 2.45) is 0 Å². The lowest BCUT2D eigenvalue weighted by Crippen LogP contribution is -3.15. The van der Waals surface area contributed by atoms with E-state index in [1.54, 1.807) is 24.3 Å². The van der Waals surface area contributed by atoms with Crippen LogP contribution >= 0.6 is 0 Å². The van der Waals surface area contributed by atoms with Crippen molar-refractivity contribution in [3.8, 4) is 11.5 Å². The number of carbonyl (C=O) groups excluding carboxylic acids is 2. The van der Waals surface area contributed by atoms with Gasteiger partial charge in [0.1, 0.15) is 36.8 Å². The first kappa shape index (κ1) is 20.8. The summed E-state index contributed by atoms with van der Waals surface area (Å²) in [4.78, 5) is 25.6. The summed E-state index contributed by atoms with van der Waals surface area (Å²) in [6.45, 7) is 6.59. The Labute approximate surface area is 171 Å². The average Bonchev–Trinajstić information content (AvgIpc) is 2.71. The number of amides is 2. The largest absolute Gasteiger partial charge is 0.457 e. The second kappa shape index (κ2) is 10.0. The van der Waals surface area contributed by atoms with E-state index in [0.717, 1.165) is 18.8 Å². The molecule has 0 saturated carbocycles. The lowest BCUT2D eigenvalue weighted by molar-refractivity contribution is -0.914. The van der Waals surface area contributed by atoms with E-state index in [2.05, 4.69) is 10.9 Å². The van der Waals surface area contributed by atoms with Gasteiger partial charge in [-0.15, -0.1) is 0 Å². The number of para-hydroxylation sites is 1. The van der Waals surface area contributed by atoms with Crippen LogP contribution in [0.5, 0.6) is 11.5 Å². The molecule has 154 valence electrons. The number of nitrogens with one attached hydrogen (secondary N) is 3. The molecular weight excluding hydrogens is 370 g/mol. The van der Waals surface area contributed by atoms with Crippen molar-refractivity contribution in [1.29, 1.82) is 0 Å². The third-order valence-electron chi connectivity index (χ3n) is 4.73. The standard InChI is InChI=1S/C22H27N3O4/c1-16-14-25(15-17(2)28-16)13-12-21(26)23-24-22(27)18-8-10-20(11-9-18)29-19-6-4-3-5-7-19/h3-11,16-17H,12-15H2,1-2H3,(H,23,26)(H,24,27)/p+1/t16-,17-/m1/s1. The van der Waals surface area contributed by atoms with Crippen LogP contribution < -0.4 is 20.5 Å². The van der Waals surface area contributed by atoms with Gasteiger partial charge in [0.15, 0.2) is 0 Å². The SMILES string of the molecule is C[C@@H]1C[NH+](CCC(=O)NNC(=O)c2ccc(Oc3ccccc3)cc2)C[C@@H](C)O1. The number of hydrogen-bond donors (Lipinski definition) is 3. The quantitative estimate of drug-likeness (QED) is 0.641. The smallest absolute Gasteiger partial charge is 0.269 e. The third kappa shape index (κ3) is 6.58. The Morgan fingerprint density at radius 2 is 1.59 bits per heavy atom. The molecule has 1 aliphatic heterocycles. The van der Waals surface area contributed by atoms with Gasteiger partial charge in [-0.2, -0.15) is 0 Å². The summed E-state index contributed by atoms with van der Waals surface area (Å²) in [5, 5.41) is 0. The van der Waals surface area contributed by atoms with Gasteiger partial charge in [-0.1, -0.05) is 18.2 Å². The average molecular weight is 398 g/mol. The molecule has 0 aliphatic carbocycles. The number of benzene rings is 2. The molecule has 3 rings (SSSR count). The molecule has 0 unspecified atom stereocenters. The summed E-state index contributed by atoms with van der Waals surface area (Å²) >= 11 is 0. The Morgan fingerprint density at radius 1 is 0.966 bits per heavy atom. The molecule has 1 heterocycles. The molecule has 0 radical (unpaired) electrons. The van der Waals surface area contributed by atoms with E-state index in [4.69, 9.17) is 9.47 Å². The zero-order chi connectivity index (χ0) is 20.6. The van der Waals surface area contributed by atoms with Gasteiger partial charge in [0.05, 0.1) is 13.0 Å². The molecular formula is C22H28N3O4+. The molecule has 0 aromatic heterocycles. The molecule has 2 aromatic rings. The van der Waals surface area contributed by atoms with Gasteiger partial charge in [0, 0.05) is 5.56 Å². The van der Waals surface area contributed by atoms with Crippen LogP contribution in [0.2, 0.25) is 0 Å². The Morgan fingerprint density at radius 3 is 2.24 bits per heavy atom. The monoisotopic (exact) mass is 398 g/mol. The summed E-state index contributed by atoms with van der Waals surface area (Å²) in [5.74, 6) is 0.782. The van der Waals surface area contributed by atoms with Gasteiger partial charge in [-0.25, -0.2) is 0 Å². The molecule has 2 atom stereocenters. The highest BCUT2D eigenvalue weighted by atomic mass is 16.5. The fraction of sp³-hybridized carbons (Fsp3) is 0.364.